The zero-order valence-corrected chi connectivity index (χ0v) is 19.4. The Labute approximate surface area is 207 Å². The lowest BCUT2D eigenvalue weighted by Gasteiger charge is -2.07. The van der Waals surface area contributed by atoms with Crippen LogP contribution in [-0.2, 0) is 14.3 Å². The number of amides is 1. The molecule has 0 unspecified atom stereocenters. The van der Waals surface area contributed by atoms with Crippen molar-refractivity contribution in [3.05, 3.63) is 90.5 Å². The summed E-state index contributed by atoms with van der Waals surface area (Å²) in [6, 6.07) is 27.4. The van der Waals surface area contributed by atoms with Gasteiger partial charge < -0.3 is 18.6 Å². The summed E-state index contributed by atoms with van der Waals surface area (Å²) in [6.07, 6.45) is 0. The highest BCUT2D eigenvalue weighted by Crippen LogP contribution is 2.41. The fourth-order valence-electron chi connectivity index (χ4n) is 3.46. The molecule has 1 aromatic heterocycles. The van der Waals surface area contributed by atoms with Crippen molar-refractivity contribution in [1.82, 2.24) is 0 Å². The van der Waals surface area contributed by atoms with Crippen LogP contribution in [0.2, 0.25) is 0 Å². The van der Waals surface area contributed by atoms with Gasteiger partial charge in [-0.2, -0.15) is 5.26 Å². The van der Waals surface area contributed by atoms with Gasteiger partial charge in [0.1, 0.15) is 28.9 Å². The molecule has 0 fully saturated rings. The number of esters is 1. The molecule has 1 heterocycles. The van der Waals surface area contributed by atoms with E-state index in [1.807, 2.05) is 60.7 Å². The van der Waals surface area contributed by atoms with Crippen LogP contribution < -0.4 is 14.8 Å². The van der Waals surface area contributed by atoms with E-state index in [0.717, 1.165) is 11.1 Å². The number of nitriles is 1. The first-order chi connectivity index (χ1) is 17.6. The van der Waals surface area contributed by atoms with E-state index in [-0.39, 0.29) is 18.1 Å². The molecular formula is C28H22N2O6. The molecule has 3 aromatic carbocycles. The molecule has 0 atom stereocenters. The van der Waals surface area contributed by atoms with E-state index in [4.69, 9.17) is 18.6 Å². The second-order valence-electron chi connectivity index (χ2n) is 7.53. The number of ether oxygens (including phenoxy) is 3. The van der Waals surface area contributed by atoms with Gasteiger partial charge in [-0.15, -0.1) is 0 Å². The highest BCUT2D eigenvalue weighted by molar-refractivity contribution is 5.96. The molecular weight excluding hydrogens is 460 g/mol. The third-order valence-electron chi connectivity index (χ3n) is 5.15. The second kappa shape index (κ2) is 11.4. The number of rotatable bonds is 9. The number of benzene rings is 3. The predicted octanol–water partition coefficient (Wildman–Crippen LogP) is 5.05. The molecule has 4 aromatic rings. The third-order valence-corrected chi connectivity index (χ3v) is 5.15. The highest BCUT2D eigenvalue weighted by Gasteiger charge is 2.24. The minimum Gasteiger partial charge on any atom is -0.497 e. The maximum Gasteiger partial charge on any atom is 0.344 e. The molecule has 4 rings (SSSR count). The first kappa shape index (κ1) is 24.1. The van der Waals surface area contributed by atoms with E-state index in [2.05, 4.69) is 11.4 Å². The van der Waals surface area contributed by atoms with E-state index in [1.165, 1.54) is 0 Å². The lowest BCUT2D eigenvalue weighted by molar-refractivity contribution is -0.149. The molecule has 0 spiro atoms. The van der Waals surface area contributed by atoms with Crippen molar-refractivity contribution in [1.29, 1.82) is 5.26 Å². The number of carbonyl (C=O) groups excluding carboxylic acids is 2. The van der Waals surface area contributed by atoms with Crippen LogP contribution in [0.25, 0.3) is 22.5 Å². The first-order valence-corrected chi connectivity index (χ1v) is 11.0. The summed E-state index contributed by atoms with van der Waals surface area (Å²) in [7, 11) is 1.55. The van der Waals surface area contributed by atoms with Crippen LogP contribution in [0.15, 0.2) is 89.3 Å². The lowest BCUT2D eigenvalue weighted by atomic mass is 9.98. The molecule has 1 N–H and O–H groups in total. The normalized spacial score (nSPS) is 10.2. The summed E-state index contributed by atoms with van der Waals surface area (Å²) >= 11 is 0. The van der Waals surface area contributed by atoms with Crippen LogP contribution in [0, 0.1) is 11.3 Å². The zero-order chi connectivity index (χ0) is 25.3. The maximum absolute atomic E-state index is 12.5. The fourth-order valence-corrected chi connectivity index (χ4v) is 3.46. The van der Waals surface area contributed by atoms with Gasteiger partial charge >= 0.3 is 5.97 Å². The van der Waals surface area contributed by atoms with Crippen LogP contribution in [0.5, 0.6) is 11.5 Å². The van der Waals surface area contributed by atoms with Gasteiger partial charge in [-0.05, 0) is 29.8 Å². The predicted molar refractivity (Wildman–Crippen MR) is 132 cm³/mol. The van der Waals surface area contributed by atoms with E-state index in [9.17, 15) is 14.9 Å². The number of nitrogens with zero attached hydrogens (tertiary/aromatic N) is 1. The smallest absolute Gasteiger partial charge is 0.344 e. The van der Waals surface area contributed by atoms with Gasteiger partial charge in [0, 0.05) is 11.1 Å². The second-order valence-corrected chi connectivity index (χ2v) is 7.53. The molecule has 0 radical (unpaired) electrons. The van der Waals surface area contributed by atoms with Crippen molar-refractivity contribution in [3.8, 4) is 40.0 Å². The standard InChI is InChI=1S/C28H22N2O6/c1-33-21-12-14-22(15-13-21)34-18-25(32)35-17-24(31)30-28-23(16-29)26(19-8-4-2-5-9-19)27(36-28)20-10-6-3-7-11-20/h2-15H,17-18H2,1H3,(H,30,31). The Balaban J connectivity index is 1.45. The molecule has 1 amide bonds. The Kier molecular flexibility index (Phi) is 7.63. The molecule has 0 aliphatic heterocycles. The summed E-state index contributed by atoms with van der Waals surface area (Å²) in [5, 5.41) is 12.4. The number of methoxy groups -OCH3 is 1. The third kappa shape index (κ3) is 5.72. The van der Waals surface area contributed by atoms with Gasteiger partial charge in [0.25, 0.3) is 5.91 Å². The number of carbonyl (C=O) groups is 2. The van der Waals surface area contributed by atoms with Crippen LogP contribution in [-0.4, -0.2) is 32.2 Å². The largest absolute Gasteiger partial charge is 0.497 e. The Morgan fingerprint density at radius 1 is 0.861 bits per heavy atom. The molecule has 8 nitrogen and oxygen atoms in total. The molecule has 0 saturated heterocycles. The molecule has 0 aliphatic rings. The van der Waals surface area contributed by atoms with Crippen molar-refractivity contribution in [2.45, 2.75) is 0 Å². The lowest BCUT2D eigenvalue weighted by Crippen LogP contribution is -2.23. The number of furan rings is 1. The van der Waals surface area contributed by atoms with Gasteiger partial charge in [-0.1, -0.05) is 60.7 Å². The topological polar surface area (TPSA) is 111 Å². The Hall–Kier alpha value is -5.03. The number of hydrogen-bond acceptors (Lipinski definition) is 7. The monoisotopic (exact) mass is 482 g/mol. The van der Waals surface area contributed by atoms with E-state index in [1.54, 1.807) is 31.4 Å². The van der Waals surface area contributed by atoms with Crippen molar-refractivity contribution < 1.29 is 28.2 Å². The highest BCUT2D eigenvalue weighted by atomic mass is 16.6. The average Bonchev–Trinajstić information content (AvgIpc) is 3.30. The van der Waals surface area contributed by atoms with Crippen LogP contribution in [0.4, 0.5) is 5.88 Å². The summed E-state index contributed by atoms with van der Waals surface area (Å²) in [5.41, 5.74) is 2.24. The van der Waals surface area contributed by atoms with Crippen molar-refractivity contribution in [2.75, 3.05) is 25.6 Å². The SMILES string of the molecule is COc1ccc(OCC(=O)OCC(=O)Nc2oc(-c3ccccc3)c(-c3ccccc3)c2C#N)cc1. The van der Waals surface area contributed by atoms with Crippen molar-refractivity contribution >= 4 is 17.8 Å². The average molecular weight is 482 g/mol. The summed E-state index contributed by atoms with van der Waals surface area (Å²) in [5.74, 6) is 0.146. The van der Waals surface area contributed by atoms with E-state index >= 15 is 0 Å². The summed E-state index contributed by atoms with van der Waals surface area (Å²) in [4.78, 5) is 24.5. The van der Waals surface area contributed by atoms with Gasteiger partial charge in [0.15, 0.2) is 13.2 Å². The van der Waals surface area contributed by atoms with Crippen LogP contribution in [0.3, 0.4) is 0 Å². The number of anilines is 1. The summed E-state index contributed by atoms with van der Waals surface area (Å²) < 4.78 is 21.4. The molecule has 0 saturated carbocycles. The van der Waals surface area contributed by atoms with E-state index in [0.29, 0.717) is 22.8 Å². The molecule has 8 heteroatoms. The Bertz CT molecular complexity index is 1370. The number of hydrogen-bond donors (Lipinski definition) is 1. The maximum atomic E-state index is 12.5. The van der Waals surface area contributed by atoms with Crippen molar-refractivity contribution in [2.24, 2.45) is 0 Å². The molecule has 36 heavy (non-hydrogen) atoms. The van der Waals surface area contributed by atoms with Crippen LogP contribution in [0.1, 0.15) is 5.56 Å². The quantitative estimate of drug-likeness (QED) is 0.332. The molecule has 0 aliphatic carbocycles. The zero-order valence-electron chi connectivity index (χ0n) is 19.4. The molecule has 180 valence electrons. The Morgan fingerprint density at radius 2 is 1.47 bits per heavy atom. The fraction of sp³-hybridized carbons (Fsp3) is 0.107. The van der Waals surface area contributed by atoms with Gasteiger partial charge in [-0.25, -0.2) is 4.79 Å². The van der Waals surface area contributed by atoms with Crippen molar-refractivity contribution in [3.63, 3.8) is 0 Å². The summed E-state index contributed by atoms with van der Waals surface area (Å²) in [6.45, 7) is -0.947. The molecule has 0 bridgehead atoms. The minimum absolute atomic E-state index is 0.0225. The van der Waals surface area contributed by atoms with E-state index < -0.39 is 18.5 Å². The number of nitrogens with one attached hydrogen (secondary N) is 1. The van der Waals surface area contributed by atoms with Gasteiger partial charge in [0.2, 0.25) is 5.88 Å². The van der Waals surface area contributed by atoms with Crippen LogP contribution >= 0.6 is 0 Å². The Morgan fingerprint density at radius 3 is 2.08 bits per heavy atom. The first-order valence-electron chi connectivity index (χ1n) is 11.0. The van der Waals surface area contributed by atoms with Gasteiger partial charge in [-0.3, -0.25) is 10.1 Å². The minimum atomic E-state index is -0.726. The van der Waals surface area contributed by atoms with Gasteiger partial charge in [0.05, 0.1) is 7.11 Å².